The number of carbonyl (C=O) groups is 1. The maximum absolute atomic E-state index is 12.5. The second kappa shape index (κ2) is 10.6. The lowest BCUT2D eigenvalue weighted by atomic mass is 10.0. The minimum Gasteiger partial charge on any atom is -0.465 e. The fourth-order valence-electron chi connectivity index (χ4n) is 4.55. The van der Waals surface area contributed by atoms with Crippen LogP contribution in [0.4, 0.5) is 5.00 Å². The average Bonchev–Trinajstić information content (AvgIpc) is 2.95. The Morgan fingerprint density at radius 1 is 1.16 bits per heavy atom. The topological polar surface area (TPSA) is 53.6 Å². The number of rotatable bonds is 5. The molecule has 1 saturated heterocycles. The largest absolute Gasteiger partial charge is 0.465 e. The van der Waals surface area contributed by atoms with Crippen LogP contribution in [0, 0.1) is 0 Å². The summed E-state index contributed by atoms with van der Waals surface area (Å²) in [6, 6.07) is 11.0. The van der Waals surface area contributed by atoms with Gasteiger partial charge in [-0.3, -0.25) is 4.90 Å². The Kier molecular flexibility index (Phi) is 7.58. The molecule has 0 unspecified atom stereocenters. The predicted octanol–water partition coefficient (Wildman–Crippen LogP) is 4.75. The second-order valence-electron chi connectivity index (χ2n) is 8.39. The lowest BCUT2D eigenvalue weighted by Crippen LogP contribution is -2.45. The van der Waals surface area contributed by atoms with Gasteiger partial charge in [0.15, 0.2) is 5.11 Å². The van der Waals surface area contributed by atoms with Crippen LogP contribution in [-0.4, -0.2) is 42.2 Å². The van der Waals surface area contributed by atoms with Crippen LogP contribution >= 0.6 is 23.6 Å². The number of nitrogens with one attached hydrogen (secondary N) is 2. The van der Waals surface area contributed by atoms with Crippen molar-refractivity contribution in [2.24, 2.45) is 0 Å². The van der Waals surface area contributed by atoms with Crippen LogP contribution in [0.25, 0.3) is 0 Å². The summed E-state index contributed by atoms with van der Waals surface area (Å²) in [5.41, 5.74) is 3.21. The first-order valence-corrected chi connectivity index (χ1v) is 12.4. The molecule has 2 heterocycles. The highest BCUT2D eigenvalue weighted by atomic mass is 32.1. The summed E-state index contributed by atoms with van der Waals surface area (Å²) in [5.74, 6) is -0.265. The number of esters is 1. The number of methoxy groups -OCH3 is 1. The lowest BCUT2D eigenvalue weighted by Gasteiger charge is -2.33. The Morgan fingerprint density at radius 2 is 1.90 bits per heavy atom. The van der Waals surface area contributed by atoms with Crippen molar-refractivity contribution in [3.05, 3.63) is 51.9 Å². The molecular weight excluding hydrogens is 426 g/mol. The van der Waals surface area contributed by atoms with Crippen molar-refractivity contribution in [1.29, 1.82) is 0 Å². The SMILES string of the molecule is COC(=O)c1c(NC(=S)NC2CCN(Cc3ccccc3)CC2)sc2c1CCCCC2. The monoisotopic (exact) mass is 457 g/mol. The summed E-state index contributed by atoms with van der Waals surface area (Å²) in [7, 11) is 1.45. The van der Waals surface area contributed by atoms with Gasteiger partial charge in [-0.1, -0.05) is 36.8 Å². The number of anilines is 1. The predicted molar refractivity (Wildman–Crippen MR) is 131 cm³/mol. The first-order chi connectivity index (χ1) is 15.1. The first kappa shape index (κ1) is 22.2. The Balaban J connectivity index is 1.34. The van der Waals surface area contributed by atoms with E-state index in [9.17, 15) is 4.79 Å². The van der Waals surface area contributed by atoms with E-state index in [1.54, 1.807) is 11.3 Å². The number of hydrogen-bond acceptors (Lipinski definition) is 5. The molecule has 5 nitrogen and oxygen atoms in total. The van der Waals surface area contributed by atoms with Crippen molar-refractivity contribution < 1.29 is 9.53 Å². The molecule has 0 saturated carbocycles. The molecule has 31 heavy (non-hydrogen) atoms. The van der Waals surface area contributed by atoms with Gasteiger partial charge in [-0.05, 0) is 61.9 Å². The van der Waals surface area contributed by atoms with Crippen molar-refractivity contribution >= 4 is 39.6 Å². The van der Waals surface area contributed by atoms with E-state index in [1.807, 2.05) is 0 Å². The van der Waals surface area contributed by atoms with E-state index in [-0.39, 0.29) is 5.97 Å². The van der Waals surface area contributed by atoms with Crippen LogP contribution < -0.4 is 10.6 Å². The fourth-order valence-corrected chi connectivity index (χ4v) is 6.17. The molecule has 1 aromatic heterocycles. The van der Waals surface area contributed by atoms with Crippen LogP contribution in [0.1, 0.15) is 58.5 Å². The first-order valence-electron chi connectivity index (χ1n) is 11.2. The number of ether oxygens (including phenoxy) is 1. The maximum atomic E-state index is 12.5. The Hall–Kier alpha value is -1.96. The van der Waals surface area contributed by atoms with Crippen molar-refractivity contribution in [3.8, 4) is 0 Å². The molecule has 0 radical (unpaired) electrons. The average molecular weight is 458 g/mol. The third-order valence-corrected chi connectivity index (χ3v) is 7.64. The molecule has 2 N–H and O–H groups in total. The molecule has 1 aromatic carbocycles. The molecule has 2 aromatic rings. The van der Waals surface area contributed by atoms with Gasteiger partial charge in [0.1, 0.15) is 5.00 Å². The number of fused-ring (bicyclic) bond motifs is 1. The Morgan fingerprint density at radius 3 is 2.65 bits per heavy atom. The number of hydrogen-bond donors (Lipinski definition) is 2. The molecule has 0 spiro atoms. The van der Waals surface area contributed by atoms with E-state index >= 15 is 0 Å². The second-order valence-corrected chi connectivity index (χ2v) is 9.91. The zero-order valence-electron chi connectivity index (χ0n) is 18.1. The van der Waals surface area contributed by atoms with E-state index in [2.05, 4.69) is 45.9 Å². The molecule has 4 rings (SSSR count). The van der Waals surface area contributed by atoms with Gasteiger partial charge in [0, 0.05) is 30.6 Å². The molecule has 0 amide bonds. The van der Waals surface area contributed by atoms with Gasteiger partial charge in [-0.25, -0.2) is 4.79 Å². The fraction of sp³-hybridized carbons (Fsp3) is 0.500. The van der Waals surface area contributed by atoms with Crippen LogP contribution in [0.2, 0.25) is 0 Å². The van der Waals surface area contributed by atoms with Gasteiger partial charge in [-0.2, -0.15) is 0 Å². The van der Waals surface area contributed by atoms with E-state index in [0.717, 1.165) is 62.3 Å². The van der Waals surface area contributed by atoms with Gasteiger partial charge < -0.3 is 15.4 Å². The van der Waals surface area contributed by atoms with Crippen molar-refractivity contribution in [2.75, 3.05) is 25.5 Å². The Labute approximate surface area is 194 Å². The minimum absolute atomic E-state index is 0.265. The highest BCUT2D eigenvalue weighted by molar-refractivity contribution is 7.80. The third-order valence-electron chi connectivity index (χ3n) is 6.21. The number of carbonyl (C=O) groups excluding carboxylic acids is 1. The number of thiocarbonyl (C=S) groups is 1. The third kappa shape index (κ3) is 5.64. The zero-order valence-corrected chi connectivity index (χ0v) is 19.7. The van der Waals surface area contributed by atoms with Crippen molar-refractivity contribution in [3.63, 3.8) is 0 Å². The number of aryl methyl sites for hydroxylation is 1. The number of nitrogens with zero attached hydrogens (tertiary/aromatic N) is 1. The maximum Gasteiger partial charge on any atom is 0.341 e. The normalized spacial score (nSPS) is 17.5. The van der Waals surface area contributed by atoms with Gasteiger partial charge in [0.05, 0.1) is 12.7 Å². The van der Waals surface area contributed by atoms with Gasteiger partial charge in [0.2, 0.25) is 0 Å². The molecule has 1 fully saturated rings. The van der Waals surface area contributed by atoms with E-state index < -0.39 is 0 Å². The van der Waals surface area contributed by atoms with E-state index in [4.69, 9.17) is 17.0 Å². The van der Waals surface area contributed by atoms with Crippen LogP contribution in [-0.2, 0) is 24.1 Å². The number of thiophene rings is 1. The minimum atomic E-state index is -0.265. The quantitative estimate of drug-likeness (QED) is 0.384. The summed E-state index contributed by atoms with van der Waals surface area (Å²) >= 11 is 7.28. The smallest absolute Gasteiger partial charge is 0.341 e. The van der Waals surface area contributed by atoms with Gasteiger partial charge in [0.25, 0.3) is 0 Å². The van der Waals surface area contributed by atoms with E-state index in [1.165, 1.54) is 30.4 Å². The van der Waals surface area contributed by atoms with Crippen LogP contribution in [0.3, 0.4) is 0 Å². The van der Waals surface area contributed by atoms with Crippen LogP contribution in [0.5, 0.6) is 0 Å². The molecule has 0 atom stereocenters. The molecule has 1 aliphatic carbocycles. The summed E-state index contributed by atoms with van der Waals surface area (Å²) in [4.78, 5) is 16.3. The van der Waals surface area contributed by atoms with Gasteiger partial charge in [-0.15, -0.1) is 11.3 Å². The summed E-state index contributed by atoms with van der Waals surface area (Å²) in [6.45, 7) is 3.10. The highest BCUT2D eigenvalue weighted by Crippen LogP contribution is 2.38. The molecule has 0 bridgehead atoms. The lowest BCUT2D eigenvalue weighted by molar-refractivity contribution is 0.0601. The number of benzene rings is 1. The summed E-state index contributed by atoms with van der Waals surface area (Å²) < 4.78 is 5.09. The van der Waals surface area contributed by atoms with E-state index in [0.29, 0.717) is 16.7 Å². The van der Waals surface area contributed by atoms with Crippen molar-refractivity contribution in [2.45, 2.75) is 57.5 Å². The van der Waals surface area contributed by atoms with Gasteiger partial charge >= 0.3 is 5.97 Å². The summed E-state index contributed by atoms with van der Waals surface area (Å²) in [5, 5.41) is 8.23. The zero-order chi connectivity index (χ0) is 21.6. The Bertz CT molecular complexity index is 905. The highest BCUT2D eigenvalue weighted by Gasteiger charge is 2.26. The number of piperidine rings is 1. The molecule has 2 aliphatic rings. The van der Waals surface area contributed by atoms with Crippen LogP contribution in [0.15, 0.2) is 30.3 Å². The molecule has 1 aliphatic heterocycles. The standard InChI is InChI=1S/C24H31N3O2S2/c1-29-23(28)21-19-10-6-3-7-11-20(19)31-22(21)26-24(30)25-18-12-14-27(15-13-18)16-17-8-4-2-5-9-17/h2,4-5,8-9,18H,3,6-7,10-16H2,1H3,(H2,25,26,30). The summed E-state index contributed by atoms with van der Waals surface area (Å²) in [6.07, 6.45) is 7.60. The number of likely N-dealkylation sites (tertiary alicyclic amines) is 1. The van der Waals surface area contributed by atoms with Crippen molar-refractivity contribution in [1.82, 2.24) is 10.2 Å². The molecule has 7 heteroatoms. The molecule has 166 valence electrons. The molecular formula is C24H31N3O2S2.